The molecule has 2 unspecified atom stereocenters. The Morgan fingerprint density at radius 1 is 0.854 bits per heavy atom. The lowest BCUT2D eigenvalue weighted by atomic mass is 9.99. The molecule has 0 saturated heterocycles. The highest BCUT2D eigenvalue weighted by atomic mass is 19.1. The van der Waals surface area contributed by atoms with Crippen LogP contribution in [0.25, 0.3) is 0 Å². The lowest BCUT2D eigenvalue weighted by Crippen LogP contribution is -2.54. The van der Waals surface area contributed by atoms with E-state index in [2.05, 4.69) is 16.0 Å². The summed E-state index contributed by atoms with van der Waals surface area (Å²) in [4.78, 5) is 25.3. The summed E-state index contributed by atoms with van der Waals surface area (Å²) < 4.78 is 32.7. The number of hydrogen-bond acceptors (Lipinski definition) is 7. The first-order chi connectivity index (χ1) is 19.6. The topological polar surface area (TPSA) is 140 Å². The maximum absolute atomic E-state index is 13.8. The Bertz CT molecular complexity index is 1290. The van der Waals surface area contributed by atoms with Crippen LogP contribution in [-0.2, 0) is 29.0 Å². The van der Waals surface area contributed by atoms with Gasteiger partial charge in [-0.3, -0.25) is 9.59 Å². The van der Waals surface area contributed by atoms with Crippen molar-refractivity contribution in [3.05, 3.63) is 95.1 Å². The zero-order valence-corrected chi connectivity index (χ0v) is 22.8. The van der Waals surface area contributed by atoms with Crippen molar-refractivity contribution in [3.8, 4) is 5.75 Å². The highest BCUT2D eigenvalue weighted by molar-refractivity contribution is 5.98. The van der Waals surface area contributed by atoms with Crippen molar-refractivity contribution in [1.29, 1.82) is 0 Å². The number of anilines is 1. The molecule has 3 aromatic rings. The first-order valence-corrected chi connectivity index (χ1v) is 13.1. The van der Waals surface area contributed by atoms with E-state index in [1.165, 1.54) is 19.2 Å². The van der Waals surface area contributed by atoms with E-state index in [1.807, 2.05) is 31.2 Å². The van der Waals surface area contributed by atoms with Gasteiger partial charge >= 0.3 is 0 Å². The fourth-order valence-corrected chi connectivity index (χ4v) is 4.18. The highest BCUT2D eigenvalue weighted by Gasteiger charge is 2.33. The minimum atomic E-state index is -2.20. The summed E-state index contributed by atoms with van der Waals surface area (Å²) in [5.74, 6) is -3.33. The molecule has 0 aromatic heterocycles. The van der Waals surface area contributed by atoms with Crippen molar-refractivity contribution in [1.82, 2.24) is 10.6 Å². The third-order valence-electron chi connectivity index (χ3n) is 6.45. The summed E-state index contributed by atoms with van der Waals surface area (Å²) in [5.41, 5.74) is 2.56. The van der Waals surface area contributed by atoms with Crippen LogP contribution >= 0.6 is 0 Å². The summed E-state index contributed by atoms with van der Waals surface area (Å²) in [5, 5.41) is 39.5. The Kier molecular flexibility index (Phi) is 11.7. The minimum absolute atomic E-state index is 0.0182. The molecular weight excluding hydrogens is 536 g/mol. The van der Waals surface area contributed by atoms with Crippen LogP contribution in [0.2, 0.25) is 0 Å². The van der Waals surface area contributed by atoms with Crippen LogP contribution in [0.5, 0.6) is 5.75 Å². The smallest absolute Gasteiger partial charge is 0.256 e. The molecule has 0 saturated carbocycles. The van der Waals surface area contributed by atoms with Gasteiger partial charge in [0.05, 0.1) is 19.3 Å². The van der Waals surface area contributed by atoms with Crippen molar-refractivity contribution in [2.24, 2.45) is 0 Å². The van der Waals surface area contributed by atoms with Gasteiger partial charge in [0.2, 0.25) is 0 Å². The number of ether oxygens (including phenoxy) is 1. The predicted molar refractivity (Wildman–Crippen MR) is 149 cm³/mol. The molecular formula is C30H35F2N3O6. The van der Waals surface area contributed by atoms with Crippen LogP contribution < -0.4 is 20.7 Å². The molecule has 0 aliphatic heterocycles. The molecule has 2 amide bonds. The molecule has 0 spiro atoms. The van der Waals surface area contributed by atoms with E-state index < -0.39 is 47.8 Å². The second kappa shape index (κ2) is 15.2. The predicted octanol–water partition coefficient (Wildman–Crippen LogP) is 2.07. The van der Waals surface area contributed by atoms with Crippen LogP contribution in [0, 0.1) is 11.6 Å². The lowest BCUT2D eigenvalue weighted by Gasteiger charge is -2.27. The summed E-state index contributed by atoms with van der Waals surface area (Å²) in [6, 6.07) is 15.7. The number of methoxy groups -OCH3 is 1. The number of nitrogens with one attached hydrogen (secondary N) is 3. The number of hydrogen-bond donors (Lipinski definition) is 6. The van der Waals surface area contributed by atoms with Gasteiger partial charge in [0.15, 0.2) is 12.2 Å². The fraction of sp³-hybridized carbons (Fsp3) is 0.333. The number of benzene rings is 3. The first-order valence-electron chi connectivity index (χ1n) is 13.1. The van der Waals surface area contributed by atoms with E-state index in [1.54, 1.807) is 12.1 Å². The maximum Gasteiger partial charge on any atom is 0.256 e. The summed E-state index contributed by atoms with van der Waals surface area (Å²) in [6.45, 7) is 2.43. The van der Waals surface area contributed by atoms with Crippen LogP contribution in [-0.4, -0.2) is 65.1 Å². The Labute approximate surface area is 237 Å². The van der Waals surface area contributed by atoms with E-state index in [0.29, 0.717) is 24.0 Å². The number of carbonyl (C=O) groups is 2. The van der Waals surface area contributed by atoms with Crippen molar-refractivity contribution < 1.29 is 38.4 Å². The van der Waals surface area contributed by atoms with E-state index in [-0.39, 0.29) is 18.5 Å². The van der Waals surface area contributed by atoms with Gasteiger partial charge in [-0.2, -0.15) is 0 Å². The lowest BCUT2D eigenvalue weighted by molar-refractivity contribution is -0.144. The van der Waals surface area contributed by atoms with Crippen molar-refractivity contribution >= 4 is 17.5 Å². The van der Waals surface area contributed by atoms with Crippen LogP contribution in [0.3, 0.4) is 0 Å². The number of aliphatic hydroxyl groups excluding tert-OH is 3. The number of aryl methyl sites for hydroxylation is 1. The average Bonchev–Trinajstić information content (AvgIpc) is 2.95. The quantitative estimate of drug-likeness (QED) is 0.174. The van der Waals surface area contributed by atoms with Gasteiger partial charge in [-0.15, -0.1) is 0 Å². The van der Waals surface area contributed by atoms with Gasteiger partial charge in [-0.1, -0.05) is 31.2 Å². The van der Waals surface area contributed by atoms with E-state index in [0.717, 1.165) is 29.7 Å². The standard InChI is InChI=1S/C30H35F2N3O6/c1-3-18-5-4-6-19(11-18)16-33-17-26(36)25(14-20-12-21(31)15-22(32)13-20)35-30(40)28(38)27(37)29(39)34-23-7-9-24(41-2)10-8-23/h4-13,15,25-28,33,36-38H,3,14,16-17H2,1-2H3,(H,34,39)(H,35,40)/t25-,26+,27?,28?/m0/s1. The third kappa shape index (κ3) is 9.61. The molecule has 0 aliphatic carbocycles. The van der Waals surface area contributed by atoms with Crippen molar-refractivity contribution in [2.75, 3.05) is 19.0 Å². The number of carbonyl (C=O) groups excluding carboxylic acids is 2. The number of aliphatic hydroxyl groups is 3. The molecule has 0 radical (unpaired) electrons. The highest BCUT2D eigenvalue weighted by Crippen LogP contribution is 2.16. The Balaban J connectivity index is 1.67. The second-order valence-corrected chi connectivity index (χ2v) is 9.58. The van der Waals surface area contributed by atoms with Gasteiger partial charge in [-0.25, -0.2) is 8.78 Å². The van der Waals surface area contributed by atoms with E-state index in [4.69, 9.17) is 4.74 Å². The SMILES string of the molecule is CCc1cccc(CNC[C@@H](O)[C@H](Cc2cc(F)cc(F)c2)NC(=O)C(O)C(O)C(=O)Nc2ccc(OC)cc2)c1. The maximum atomic E-state index is 13.8. The molecule has 41 heavy (non-hydrogen) atoms. The molecule has 4 atom stereocenters. The summed E-state index contributed by atoms with van der Waals surface area (Å²) in [7, 11) is 1.47. The van der Waals surface area contributed by atoms with Crippen molar-refractivity contribution in [3.63, 3.8) is 0 Å². The molecule has 0 heterocycles. The van der Waals surface area contributed by atoms with Gasteiger partial charge in [0, 0.05) is 24.8 Å². The third-order valence-corrected chi connectivity index (χ3v) is 6.45. The Morgan fingerprint density at radius 3 is 2.12 bits per heavy atom. The van der Waals surface area contributed by atoms with E-state index >= 15 is 0 Å². The van der Waals surface area contributed by atoms with Crippen LogP contribution in [0.15, 0.2) is 66.7 Å². The number of rotatable bonds is 14. The van der Waals surface area contributed by atoms with Crippen molar-refractivity contribution in [2.45, 2.75) is 50.7 Å². The Hall–Kier alpha value is -3.90. The van der Waals surface area contributed by atoms with Crippen LogP contribution in [0.4, 0.5) is 14.5 Å². The monoisotopic (exact) mass is 571 g/mol. The molecule has 3 rings (SSSR count). The molecule has 0 fully saturated rings. The van der Waals surface area contributed by atoms with Crippen LogP contribution in [0.1, 0.15) is 23.6 Å². The Morgan fingerprint density at radius 2 is 1.49 bits per heavy atom. The largest absolute Gasteiger partial charge is 0.497 e. The normalized spacial score (nSPS) is 14.0. The minimum Gasteiger partial charge on any atom is -0.497 e. The molecule has 9 nitrogen and oxygen atoms in total. The zero-order valence-electron chi connectivity index (χ0n) is 22.8. The van der Waals surface area contributed by atoms with Gasteiger partial charge in [0.1, 0.15) is 17.4 Å². The van der Waals surface area contributed by atoms with Gasteiger partial charge < -0.3 is 36.0 Å². The second-order valence-electron chi connectivity index (χ2n) is 9.58. The zero-order chi connectivity index (χ0) is 29.9. The van der Waals surface area contributed by atoms with E-state index in [9.17, 15) is 33.7 Å². The molecule has 0 bridgehead atoms. The van der Waals surface area contributed by atoms with Gasteiger partial charge in [-0.05, 0) is 65.9 Å². The number of halogens is 2. The molecule has 3 aromatic carbocycles. The summed E-state index contributed by atoms with van der Waals surface area (Å²) in [6.07, 6.45) is -4.95. The average molecular weight is 572 g/mol. The number of amides is 2. The molecule has 220 valence electrons. The fourth-order valence-electron chi connectivity index (χ4n) is 4.18. The molecule has 6 N–H and O–H groups in total. The summed E-state index contributed by atoms with van der Waals surface area (Å²) >= 11 is 0. The molecule has 11 heteroatoms. The molecule has 0 aliphatic rings. The van der Waals surface area contributed by atoms with Gasteiger partial charge in [0.25, 0.3) is 11.8 Å². The first kappa shape index (κ1) is 31.6.